The molecule has 0 radical (unpaired) electrons. The number of nitrogens with zero attached hydrogens (tertiary/aromatic N) is 3. The number of hydrogen-bond acceptors (Lipinski definition) is 8. The summed E-state index contributed by atoms with van der Waals surface area (Å²) in [6.07, 6.45) is 6.40. The number of fused-ring (bicyclic) bond motifs is 2. The molecule has 1 saturated carbocycles. The number of hydrogen-bond donors (Lipinski definition) is 2. The molecule has 1 fully saturated rings. The van der Waals surface area contributed by atoms with Crippen molar-refractivity contribution in [1.82, 2.24) is 15.0 Å². The van der Waals surface area contributed by atoms with Crippen LogP contribution in [-0.4, -0.2) is 33.1 Å². The summed E-state index contributed by atoms with van der Waals surface area (Å²) in [4.78, 5) is 26.5. The zero-order valence-corrected chi connectivity index (χ0v) is 20.3. The third kappa shape index (κ3) is 3.86. The molecule has 0 saturated heterocycles. The molecule has 1 aliphatic carbocycles. The number of esters is 1. The molecule has 34 heavy (non-hydrogen) atoms. The molecule has 0 amide bonds. The van der Waals surface area contributed by atoms with Crippen molar-refractivity contribution in [3.8, 4) is 5.75 Å². The van der Waals surface area contributed by atoms with E-state index in [0.29, 0.717) is 22.9 Å². The lowest BCUT2D eigenvalue weighted by Crippen LogP contribution is -2.42. The molecular weight excluding hydrogens is 430 g/mol. The largest absolute Gasteiger partial charge is 0.488 e. The van der Waals surface area contributed by atoms with Gasteiger partial charge in [-0.05, 0) is 51.3 Å². The third-order valence-corrected chi connectivity index (χ3v) is 7.11. The van der Waals surface area contributed by atoms with Crippen molar-refractivity contribution in [3.05, 3.63) is 47.5 Å². The van der Waals surface area contributed by atoms with E-state index in [4.69, 9.17) is 25.2 Å². The lowest BCUT2D eigenvalue weighted by molar-refractivity contribution is 0.00864. The van der Waals surface area contributed by atoms with E-state index in [1.54, 1.807) is 24.5 Å². The molecule has 1 unspecified atom stereocenters. The maximum atomic E-state index is 12.3. The van der Waals surface area contributed by atoms with Crippen LogP contribution in [0.4, 0.5) is 11.6 Å². The SMILES string of the molecule is CCC(C)(N)c1ncc(OC2CC2)c2cnc(Nc3ccc4c(n3)C(C)(C)[C@@H](C)OC4=O)cc12. The second-order valence-electron chi connectivity index (χ2n) is 10.2. The van der Waals surface area contributed by atoms with Gasteiger partial charge in [0, 0.05) is 22.4 Å². The molecular formula is C26H31N5O3. The standard InChI is InChI=1S/C26H31N5O3/c1-6-26(5,27)23-17-11-21(28-12-18(17)19(13-29-23)34-15-7-8-15)30-20-10-9-16-22(31-20)25(3,4)14(2)33-24(16)32/h9-15H,6-8,27H2,1-5H3,(H,28,30,31)/t14-,26?/m1/s1. The summed E-state index contributed by atoms with van der Waals surface area (Å²) in [6, 6.07) is 5.47. The Morgan fingerprint density at radius 1 is 1.21 bits per heavy atom. The maximum absolute atomic E-state index is 12.3. The molecule has 2 aliphatic rings. The quantitative estimate of drug-likeness (QED) is 0.507. The van der Waals surface area contributed by atoms with E-state index < -0.39 is 11.0 Å². The molecule has 3 aromatic rings. The molecule has 5 rings (SSSR count). The molecule has 2 atom stereocenters. The fourth-order valence-electron chi connectivity index (χ4n) is 4.14. The van der Waals surface area contributed by atoms with Crippen LogP contribution in [0.25, 0.3) is 10.8 Å². The van der Waals surface area contributed by atoms with E-state index in [2.05, 4.69) is 10.3 Å². The van der Waals surface area contributed by atoms with Gasteiger partial charge in [0.1, 0.15) is 23.5 Å². The van der Waals surface area contributed by atoms with Crippen molar-refractivity contribution in [2.24, 2.45) is 5.73 Å². The first kappa shape index (κ1) is 22.5. The highest BCUT2D eigenvalue weighted by Crippen LogP contribution is 2.38. The molecule has 178 valence electrons. The van der Waals surface area contributed by atoms with Gasteiger partial charge < -0.3 is 20.5 Å². The van der Waals surface area contributed by atoms with Crippen molar-refractivity contribution in [3.63, 3.8) is 0 Å². The van der Waals surface area contributed by atoms with E-state index in [9.17, 15) is 4.79 Å². The fourth-order valence-corrected chi connectivity index (χ4v) is 4.14. The molecule has 0 spiro atoms. The van der Waals surface area contributed by atoms with Crippen molar-refractivity contribution in [2.75, 3.05) is 5.32 Å². The van der Waals surface area contributed by atoms with Gasteiger partial charge >= 0.3 is 5.97 Å². The van der Waals surface area contributed by atoms with Crippen LogP contribution in [0.3, 0.4) is 0 Å². The number of nitrogens with one attached hydrogen (secondary N) is 1. The zero-order valence-electron chi connectivity index (χ0n) is 20.3. The molecule has 3 aromatic heterocycles. The monoisotopic (exact) mass is 461 g/mol. The Labute approximate surface area is 199 Å². The number of nitrogens with two attached hydrogens (primary N) is 1. The summed E-state index contributed by atoms with van der Waals surface area (Å²) in [5.74, 6) is 1.60. The minimum Gasteiger partial charge on any atom is -0.488 e. The van der Waals surface area contributed by atoms with Gasteiger partial charge in [0.15, 0.2) is 0 Å². The molecule has 8 nitrogen and oxygen atoms in total. The number of aromatic nitrogens is 3. The maximum Gasteiger partial charge on any atom is 0.340 e. The highest BCUT2D eigenvalue weighted by molar-refractivity contribution is 5.93. The minimum atomic E-state index is -0.598. The Hall–Kier alpha value is -3.26. The average molecular weight is 462 g/mol. The highest BCUT2D eigenvalue weighted by atomic mass is 16.5. The van der Waals surface area contributed by atoms with Crippen LogP contribution in [0.2, 0.25) is 0 Å². The Morgan fingerprint density at radius 2 is 1.97 bits per heavy atom. The van der Waals surface area contributed by atoms with E-state index in [1.165, 1.54) is 0 Å². The molecule has 3 N–H and O–H groups in total. The molecule has 8 heteroatoms. The Bertz CT molecular complexity index is 1280. The summed E-state index contributed by atoms with van der Waals surface area (Å²) in [5, 5.41) is 5.09. The Morgan fingerprint density at radius 3 is 2.68 bits per heavy atom. The highest BCUT2D eigenvalue weighted by Gasteiger charge is 2.41. The van der Waals surface area contributed by atoms with Gasteiger partial charge in [0.25, 0.3) is 0 Å². The first-order valence-corrected chi connectivity index (χ1v) is 11.8. The van der Waals surface area contributed by atoms with Gasteiger partial charge in [-0.1, -0.05) is 20.8 Å². The summed E-state index contributed by atoms with van der Waals surface area (Å²) >= 11 is 0. The summed E-state index contributed by atoms with van der Waals surface area (Å²) < 4.78 is 11.6. The number of carbonyl (C=O) groups excluding carboxylic acids is 1. The van der Waals surface area contributed by atoms with E-state index in [-0.39, 0.29) is 18.2 Å². The van der Waals surface area contributed by atoms with E-state index >= 15 is 0 Å². The number of carbonyl (C=O) groups is 1. The second kappa shape index (κ2) is 7.91. The third-order valence-electron chi connectivity index (χ3n) is 7.11. The minimum absolute atomic E-state index is 0.251. The van der Waals surface area contributed by atoms with Gasteiger partial charge in [-0.3, -0.25) is 4.98 Å². The van der Waals surface area contributed by atoms with Gasteiger partial charge in [0.2, 0.25) is 0 Å². The average Bonchev–Trinajstić information content (AvgIpc) is 3.62. The number of ether oxygens (including phenoxy) is 2. The van der Waals surface area contributed by atoms with Gasteiger partial charge in [-0.25, -0.2) is 14.8 Å². The zero-order chi connectivity index (χ0) is 24.3. The first-order chi connectivity index (χ1) is 16.1. The first-order valence-electron chi connectivity index (χ1n) is 11.8. The van der Waals surface area contributed by atoms with Crippen molar-refractivity contribution < 1.29 is 14.3 Å². The predicted octanol–water partition coefficient (Wildman–Crippen LogP) is 4.73. The normalized spacial score (nSPS) is 20.9. The molecule has 4 heterocycles. The second-order valence-corrected chi connectivity index (χ2v) is 10.2. The van der Waals surface area contributed by atoms with Crippen molar-refractivity contribution in [1.29, 1.82) is 0 Å². The van der Waals surface area contributed by atoms with Crippen LogP contribution in [0, 0.1) is 0 Å². The smallest absolute Gasteiger partial charge is 0.340 e. The number of anilines is 2. The van der Waals surface area contributed by atoms with Gasteiger partial charge in [-0.15, -0.1) is 0 Å². The van der Waals surface area contributed by atoms with Crippen molar-refractivity contribution in [2.45, 2.75) is 77.0 Å². The summed E-state index contributed by atoms with van der Waals surface area (Å²) in [5.41, 5.74) is 7.60. The van der Waals surface area contributed by atoms with Crippen LogP contribution in [0.5, 0.6) is 5.75 Å². The van der Waals surface area contributed by atoms with Crippen LogP contribution < -0.4 is 15.8 Å². The van der Waals surface area contributed by atoms with Gasteiger partial charge in [-0.2, -0.15) is 0 Å². The Balaban J connectivity index is 1.55. The number of pyridine rings is 3. The van der Waals surface area contributed by atoms with Crippen LogP contribution >= 0.6 is 0 Å². The lowest BCUT2D eigenvalue weighted by atomic mass is 9.79. The Kier molecular flexibility index (Phi) is 5.24. The van der Waals surface area contributed by atoms with Crippen LogP contribution in [-0.2, 0) is 15.7 Å². The summed E-state index contributed by atoms with van der Waals surface area (Å²) in [6.45, 7) is 9.98. The summed E-state index contributed by atoms with van der Waals surface area (Å²) in [7, 11) is 0. The van der Waals surface area contributed by atoms with Crippen LogP contribution in [0.15, 0.2) is 30.6 Å². The van der Waals surface area contributed by atoms with Gasteiger partial charge in [0.05, 0.1) is 34.8 Å². The van der Waals surface area contributed by atoms with E-state index in [0.717, 1.165) is 41.5 Å². The van der Waals surface area contributed by atoms with E-state index in [1.807, 2.05) is 40.7 Å². The molecule has 1 aliphatic heterocycles. The van der Waals surface area contributed by atoms with Crippen molar-refractivity contribution >= 4 is 28.4 Å². The number of rotatable bonds is 6. The van der Waals surface area contributed by atoms with Crippen LogP contribution in [0.1, 0.15) is 75.6 Å². The lowest BCUT2D eigenvalue weighted by Gasteiger charge is -2.36. The fraction of sp³-hybridized carbons (Fsp3) is 0.462. The predicted molar refractivity (Wildman–Crippen MR) is 130 cm³/mol. The topological polar surface area (TPSA) is 112 Å². The molecule has 0 bridgehead atoms. The number of cyclic esters (lactones) is 1. The molecule has 0 aromatic carbocycles.